The van der Waals surface area contributed by atoms with Crippen LogP contribution in [0, 0.1) is 0 Å². The summed E-state index contributed by atoms with van der Waals surface area (Å²) in [5.74, 6) is -0.855. The zero-order valence-corrected chi connectivity index (χ0v) is 8.77. The number of pyridine rings is 1. The molecular formula is C10H14N4O2. The van der Waals surface area contributed by atoms with Gasteiger partial charge in [0.1, 0.15) is 5.69 Å². The van der Waals surface area contributed by atoms with Gasteiger partial charge in [0.25, 0.3) is 11.8 Å². The van der Waals surface area contributed by atoms with E-state index in [1.165, 1.54) is 18.3 Å². The average molecular weight is 222 g/mol. The summed E-state index contributed by atoms with van der Waals surface area (Å²) in [6, 6.07) is 2.92. The van der Waals surface area contributed by atoms with Crippen LogP contribution in [0.4, 0.5) is 0 Å². The van der Waals surface area contributed by atoms with E-state index in [1.807, 2.05) is 0 Å². The van der Waals surface area contributed by atoms with Gasteiger partial charge in [-0.1, -0.05) is 0 Å². The molecule has 0 aromatic carbocycles. The van der Waals surface area contributed by atoms with Crippen LogP contribution >= 0.6 is 0 Å². The Morgan fingerprint density at radius 3 is 2.62 bits per heavy atom. The smallest absolute Gasteiger partial charge is 0.267 e. The molecule has 0 atom stereocenters. The van der Waals surface area contributed by atoms with E-state index >= 15 is 0 Å². The van der Waals surface area contributed by atoms with Crippen molar-refractivity contribution in [2.45, 2.75) is 6.42 Å². The SMILES string of the molecule is NCCCNC(=O)c1ccc(C(N)=O)nc1. The van der Waals surface area contributed by atoms with Gasteiger partial charge in [-0.15, -0.1) is 0 Å². The molecule has 1 rings (SSSR count). The molecule has 0 bridgehead atoms. The van der Waals surface area contributed by atoms with Crippen molar-refractivity contribution in [1.82, 2.24) is 10.3 Å². The lowest BCUT2D eigenvalue weighted by Gasteiger charge is -2.03. The number of carbonyl (C=O) groups is 2. The fraction of sp³-hybridized carbons (Fsp3) is 0.300. The lowest BCUT2D eigenvalue weighted by atomic mass is 10.2. The molecule has 0 unspecified atom stereocenters. The lowest BCUT2D eigenvalue weighted by molar-refractivity contribution is 0.0949. The molecule has 6 nitrogen and oxygen atoms in total. The lowest BCUT2D eigenvalue weighted by Crippen LogP contribution is -2.26. The molecule has 0 aliphatic carbocycles. The van der Waals surface area contributed by atoms with Gasteiger partial charge < -0.3 is 16.8 Å². The van der Waals surface area contributed by atoms with Gasteiger partial charge in [-0.05, 0) is 25.1 Å². The Kier molecular flexibility index (Phi) is 4.41. The molecule has 0 saturated carbocycles. The molecule has 1 aromatic rings. The first-order valence-corrected chi connectivity index (χ1v) is 4.89. The van der Waals surface area contributed by atoms with E-state index in [4.69, 9.17) is 11.5 Å². The van der Waals surface area contributed by atoms with Crippen molar-refractivity contribution >= 4 is 11.8 Å². The highest BCUT2D eigenvalue weighted by Gasteiger charge is 2.07. The number of aromatic nitrogens is 1. The molecule has 5 N–H and O–H groups in total. The van der Waals surface area contributed by atoms with Crippen LogP contribution < -0.4 is 16.8 Å². The van der Waals surface area contributed by atoms with Gasteiger partial charge in [0.15, 0.2) is 0 Å². The molecule has 0 radical (unpaired) electrons. The molecule has 0 saturated heterocycles. The van der Waals surface area contributed by atoms with Crippen molar-refractivity contribution < 1.29 is 9.59 Å². The third kappa shape index (κ3) is 3.32. The first-order valence-electron chi connectivity index (χ1n) is 4.89. The third-order valence-corrected chi connectivity index (χ3v) is 1.94. The normalized spacial score (nSPS) is 9.81. The maximum Gasteiger partial charge on any atom is 0.267 e. The second-order valence-electron chi connectivity index (χ2n) is 3.19. The van der Waals surface area contributed by atoms with Gasteiger partial charge >= 0.3 is 0 Å². The molecule has 86 valence electrons. The zero-order valence-electron chi connectivity index (χ0n) is 8.77. The van der Waals surface area contributed by atoms with E-state index in [0.29, 0.717) is 18.7 Å². The van der Waals surface area contributed by atoms with Gasteiger partial charge in [0.05, 0.1) is 5.56 Å². The van der Waals surface area contributed by atoms with Gasteiger partial charge in [0.2, 0.25) is 0 Å². The number of hydrogen-bond donors (Lipinski definition) is 3. The van der Waals surface area contributed by atoms with E-state index in [0.717, 1.165) is 6.42 Å². The average Bonchev–Trinajstić information content (AvgIpc) is 2.29. The quantitative estimate of drug-likeness (QED) is 0.569. The summed E-state index contributed by atoms with van der Waals surface area (Å²) in [5, 5.41) is 2.67. The number of nitrogens with one attached hydrogen (secondary N) is 1. The van der Waals surface area contributed by atoms with E-state index in [1.54, 1.807) is 0 Å². The molecule has 16 heavy (non-hydrogen) atoms. The van der Waals surface area contributed by atoms with Crippen LogP contribution in [0.1, 0.15) is 27.3 Å². The molecule has 0 fully saturated rings. The highest BCUT2D eigenvalue weighted by molar-refractivity contribution is 5.95. The first kappa shape index (κ1) is 12.1. The van der Waals surface area contributed by atoms with Gasteiger partial charge in [0, 0.05) is 12.7 Å². The summed E-state index contributed by atoms with van der Waals surface area (Å²) in [7, 11) is 0. The van der Waals surface area contributed by atoms with Crippen molar-refractivity contribution in [1.29, 1.82) is 0 Å². The number of rotatable bonds is 5. The summed E-state index contributed by atoms with van der Waals surface area (Å²) in [6.07, 6.45) is 2.04. The molecule has 0 aliphatic heterocycles. The van der Waals surface area contributed by atoms with Crippen LogP contribution in [-0.4, -0.2) is 29.9 Å². The Labute approximate surface area is 93.0 Å². The first-order chi connectivity index (χ1) is 7.65. The zero-order chi connectivity index (χ0) is 12.0. The van der Waals surface area contributed by atoms with E-state index < -0.39 is 5.91 Å². The standard InChI is InChI=1S/C10H14N4O2/c11-4-1-5-13-10(16)7-2-3-8(9(12)15)14-6-7/h2-3,6H,1,4-5,11H2,(H2,12,15)(H,13,16). The van der Waals surface area contributed by atoms with Crippen molar-refractivity contribution in [2.24, 2.45) is 11.5 Å². The highest BCUT2D eigenvalue weighted by atomic mass is 16.2. The van der Waals surface area contributed by atoms with Crippen LogP contribution in [0.25, 0.3) is 0 Å². The fourth-order valence-electron chi connectivity index (χ4n) is 1.08. The van der Waals surface area contributed by atoms with E-state index in [9.17, 15) is 9.59 Å². The third-order valence-electron chi connectivity index (χ3n) is 1.94. The minimum absolute atomic E-state index is 0.138. The minimum Gasteiger partial charge on any atom is -0.364 e. The molecule has 0 aliphatic rings. The van der Waals surface area contributed by atoms with Crippen molar-refractivity contribution in [2.75, 3.05) is 13.1 Å². The summed E-state index contributed by atoms with van der Waals surface area (Å²) in [5.41, 5.74) is 10.8. The van der Waals surface area contributed by atoms with Crippen LogP contribution in [0.2, 0.25) is 0 Å². The fourth-order valence-corrected chi connectivity index (χ4v) is 1.08. The maximum atomic E-state index is 11.5. The molecule has 1 heterocycles. The second kappa shape index (κ2) is 5.82. The predicted molar refractivity (Wildman–Crippen MR) is 58.8 cm³/mol. The predicted octanol–water partition coefficient (Wildman–Crippen LogP) is -0.741. The number of hydrogen-bond acceptors (Lipinski definition) is 4. The number of carbonyl (C=O) groups excluding carboxylic acids is 2. The Hall–Kier alpha value is -1.95. The van der Waals surface area contributed by atoms with Crippen LogP contribution in [0.5, 0.6) is 0 Å². The second-order valence-corrected chi connectivity index (χ2v) is 3.19. The highest BCUT2D eigenvalue weighted by Crippen LogP contribution is 1.99. The largest absolute Gasteiger partial charge is 0.364 e. The van der Waals surface area contributed by atoms with Crippen molar-refractivity contribution in [3.8, 4) is 0 Å². The number of primary amides is 1. The van der Waals surface area contributed by atoms with Crippen LogP contribution in [0.15, 0.2) is 18.3 Å². The number of nitrogens with zero attached hydrogens (tertiary/aromatic N) is 1. The molecular weight excluding hydrogens is 208 g/mol. The summed E-state index contributed by atoms with van der Waals surface area (Å²) in [4.78, 5) is 26.0. The number of amides is 2. The summed E-state index contributed by atoms with van der Waals surface area (Å²) < 4.78 is 0. The maximum absolute atomic E-state index is 11.5. The van der Waals surface area contributed by atoms with E-state index in [2.05, 4.69) is 10.3 Å². The molecule has 6 heteroatoms. The van der Waals surface area contributed by atoms with Gasteiger partial charge in [-0.3, -0.25) is 14.6 Å². The topological polar surface area (TPSA) is 111 Å². The van der Waals surface area contributed by atoms with Gasteiger partial charge in [-0.2, -0.15) is 0 Å². The van der Waals surface area contributed by atoms with Crippen LogP contribution in [-0.2, 0) is 0 Å². The molecule has 2 amide bonds. The Morgan fingerprint density at radius 2 is 2.12 bits per heavy atom. The van der Waals surface area contributed by atoms with E-state index in [-0.39, 0.29) is 11.6 Å². The Bertz CT molecular complexity index is 375. The Morgan fingerprint density at radius 1 is 1.38 bits per heavy atom. The Balaban J connectivity index is 2.59. The van der Waals surface area contributed by atoms with Crippen LogP contribution in [0.3, 0.4) is 0 Å². The summed E-state index contributed by atoms with van der Waals surface area (Å²) >= 11 is 0. The molecule has 0 spiro atoms. The van der Waals surface area contributed by atoms with Crippen molar-refractivity contribution in [3.05, 3.63) is 29.6 Å². The number of nitrogens with two attached hydrogens (primary N) is 2. The molecule has 1 aromatic heterocycles. The minimum atomic E-state index is -0.616. The monoisotopic (exact) mass is 222 g/mol. The summed E-state index contributed by atoms with van der Waals surface area (Å²) in [6.45, 7) is 1.05. The van der Waals surface area contributed by atoms with Crippen molar-refractivity contribution in [3.63, 3.8) is 0 Å². The van der Waals surface area contributed by atoms with Gasteiger partial charge in [-0.25, -0.2) is 0 Å².